The lowest BCUT2D eigenvalue weighted by atomic mass is 10.1. The number of aromatic nitrogens is 4. The minimum Gasteiger partial charge on any atom is -0.456 e. The minimum absolute atomic E-state index is 0.419. The van der Waals surface area contributed by atoms with E-state index in [4.69, 9.17) is 18.9 Å². The smallest absolute Gasteiger partial charge is 0.338 e. The van der Waals surface area contributed by atoms with Gasteiger partial charge in [0.1, 0.15) is 22.4 Å². The second-order valence-corrected chi connectivity index (χ2v) is 23.6. The van der Waals surface area contributed by atoms with Crippen molar-refractivity contribution in [2.75, 3.05) is 0 Å². The monoisotopic (exact) mass is 1070 g/mol. The molecule has 12 aromatic rings. The largest absolute Gasteiger partial charge is 0.456 e. The number of carbonyl (C=O) groups is 4. The van der Waals surface area contributed by atoms with Crippen molar-refractivity contribution in [3.05, 3.63) is 216 Å². The molecule has 0 aliphatic carbocycles. The fourth-order valence-corrected chi connectivity index (χ4v) is 9.17. The predicted octanol–water partition coefficient (Wildman–Crippen LogP) is 16.1. The molecule has 12 heteroatoms. The van der Waals surface area contributed by atoms with Crippen LogP contribution in [0.25, 0.3) is 66.9 Å². The molecule has 12 nitrogen and oxygen atoms in total. The van der Waals surface area contributed by atoms with E-state index in [0.29, 0.717) is 22.3 Å². The Morgan fingerprint density at radius 2 is 0.425 bits per heavy atom. The van der Waals surface area contributed by atoms with E-state index in [1.54, 1.807) is 48.5 Å². The lowest BCUT2D eigenvalue weighted by Gasteiger charge is -2.20. The van der Waals surface area contributed by atoms with Crippen LogP contribution in [0.3, 0.4) is 0 Å². The predicted molar refractivity (Wildman–Crippen MR) is 319 cm³/mol. The minimum atomic E-state index is -0.670. The molecule has 0 atom stereocenters. The molecule has 408 valence electrons. The summed E-state index contributed by atoms with van der Waals surface area (Å²) in [5.74, 6) is -1.68. The van der Waals surface area contributed by atoms with Gasteiger partial charge in [-0.25, -0.2) is 19.2 Å². The molecule has 80 heavy (non-hydrogen) atoms. The zero-order valence-electron chi connectivity index (χ0n) is 47.5. The zero-order valence-corrected chi connectivity index (χ0v) is 47.5. The number of nitrogens with zero attached hydrogens (tertiary/aromatic N) is 4. The Morgan fingerprint density at radius 1 is 0.250 bits per heavy atom. The van der Waals surface area contributed by atoms with E-state index in [9.17, 15) is 19.2 Å². The molecule has 0 spiro atoms. The van der Waals surface area contributed by atoms with Gasteiger partial charge in [0.15, 0.2) is 0 Å². The molecule has 0 unspecified atom stereocenters. The average Bonchev–Trinajstić information content (AvgIpc) is 3.44. The van der Waals surface area contributed by atoms with Crippen LogP contribution in [0.2, 0.25) is 0 Å². The van der Waals surface area contributed by atoms with Gasteiger partial charge >= 0.3 is 23.9 Å². The van der Waals surface area contributed by atoms with Crippen LogP contribution >= 0.6 is 0 Å². The molecule has 8 bridgehead atoms. The van der Waals surface area contributed by atoms with Crippen LogP contribution in [0.4, 0.5) is 0 Å². The van der Waals surface area contributed by atoms with Crippen molar-refractivity contribution in [1.29, 1.82) is 0 Å². The maximum absolute atomic E-state index is 13.3. The summed E-state index contributed by atoms with van der Waals surface area (Å²) in [5.41, 5.74) is 8.72. The number of hydrogen-bond donors (Lipinski definition) is 0. The van der Waals surface area contributed by atoms with Gasteiger partial charge in [-0.2, -0.15) is 0 Å². The third-order valence-corrected chi connectivity index (χ3v) is 12.5. The van der Waals surface area contributed by atoms with Gasteiger partial charge in [0.05, 0.1) is 22.3 Å². The number of benzene rings is 8. The zero-order chi connectivity index (χ0) is 57.3. The van der Waals surface area contributed by atoms with Crippen LogP contribution < -0.4 is 0 Å². The van der Waals surface area contributed by atoms with E-state index in [-0.39, 0.29) is 0 Å². The third kappa shape index (κ3) is 13.2. The van der Waals surface area contributed by atoms with Crippen molar-refractivity contribution >= 4 is 68.0 Å². The topological polar surface area (TPSA) is 125 Å². The van der Waals surface area contributed by atoms with E-state index in [1.165, 1.54) is 0 Å². The Bertz CT molecular complexity index is 3420. The summed E-state index contributed by atoms with van der Waals surface area (Å²) in [5, 5.41) is 0. The van der Waals surface area contributed by atoms with Crippen molar-refractivity contribution in [2.24, 2.45) is 0 Å². The summed E-state index contributed by atoms with van der Waals surface area (Å²) in [4.78, 5) is 53.2. The standard InChI is InChI=1S/C68H68N4O8/c1-65(2,3)77-61(73)45-19-27-49(28-20-45)69-53-35-37-54(38-36-53)71(51-31-23-47(24-32-51)63(75)79-67(7,8)9)59-17-14-18-60(44-59)72(52-33-25-48(26-34-52)64(76)80-68(10,11)12)56-41-39-55(40-42-56)70(58-16-13-15-57(69)43-58)50-29-21-46(22-30-50)62(74)78-66(4,5)6/h13-44H,1-12H3. The molecule has 0 saturated carbocycles. The number of esters is 4. The summed E-state index contributed by atoms with van der Waals surface area (Å²) in [6.45, 7) is 22.1. The molecule has 4 heterocycles. The SMILES string of the molecule is CC(C)(C)OC(=O)c1ccc(-n2c3ccc(cc3)n(-c3ccc(C(=O)OC(C)(C)C)cc3)c3cccc(c3)n(-c3ccc(C(=O)OC(C)(C)C)cc3)c3ccc(cc3)n(-c3ccc(C(=O)OC(C)(C)C)cc3)c3cccc2c3)cc1. The first-order valence-electron chi connectivity index (χ1n) is 26.7. The van der Waals surface area contributed by atoms with Crippen LogP contribution in [0.1, 0.15) is 125 Å². The third-order valence-electron chi connectivity index (χ3n) is 12.5. The fourth-order valence-electron chi connectivity index (χ4n) is 9.17. The lowest BCUT2D eigenvalue weighted by molar-refractivity contribution is 0.00570. The number of carbonyl (C=O) groups excluding carboxylic acids is 4. The van der Waals surface area contributed by atoms with Gasteiger partial charge in [0, 0.05) is 66.9 Å². The molecule has 4 aromatic heterocycles. The average molecular weight is 1070 g/mol. The first kappa shape index (κ1) is 55.6. The summed E-state index contributed by atoms with van der Waals surface area (Å²) < 4.78 is 31.5. The van der Waals surface area contributed by atoms with Crippen LogP contribution in [0, 0.1) is 0 Å². The summed E-state index contributed by atoms with van der Waals surface area (Å²) in [6, 6.07) is 62.4. The number of ether oxygens (including phenoxy) is 4. The maximum atomic E-state index is 13.3. The highest BCUT2D eigenvalue weighted by Gasteiger charge is 2.22. The van der Waals surface area contributed by atoms with Crippen LogP contribution in [0.15, 0.2) is 194 Å². The molecule has 8 aromatic carbocycles. The van der Waals surface area contributed by atoms with Crippen LogP contribution in [0.5, 0.6) is 0 Å². The van der Waals surface area contributed by atoms with E-state index in [2.05, 4.69) is 78.9 Å². The van der Waals surface area contributed by atoms with Gasteiger partial charge in [0.25, 0.3) is 0 Å². The van der Waals surface area contributed by atoms with Crippen LogP contribution in [-0.2, 0) is 18.9 Å². The summed E-state index contributed by atoms with van der Waals surface area (Å²) >= 11 is 0. The maximum Gasteiger partial charge on any atom is 0.338 e. The molecule has 0 aliphatic heterocycles. The molecule has 0 radical (unpaired) electrons. The molecule has 0 fully saturated rings. The molecular formula is C68H68N4O8. The Morgan fingerprint density at radius 3 is 0.588 bits per heavy atom. The molecular weight excluding hydrogens is 1000 g/mol. The van der Waals surface area contributed by atoms with Crippen LogP contribution in [-0.4, -0.2) is 64.5 Å². The Labute approximate surface area is 467 Å². The first-order chi connectivity index (χ1) is 37.8. The summed E-state index contributed by atoms with van der Waals surface area (Å²) in [6.07, 6.45) is 0. The van der Waals surface area contributed by atoms with Crippen molar-refractivity contribution in [3.8, 4) is 22.7 Å². The van der Waals surface area contributed by atoms with E-state index < -0.39 is 46.3 Å². The highest BCUT2D eigenvalue weighted by molar-refractivity contribution is 5.92. The summed E-state index contributed by atoms with van der Waals surface area (Å²) in [7, 11) is 0. The normalized spacial score (nSPS) is 11.9. The first-order valence-corrected chi connectivity index (χ1v) is 26.7. The van der Waals surface area contributed by atoms with Gasteiger partial charge in [-0.15, -0.1) is 0 Å². The second-order valence-electron chi connectivity index (χ2n) is 23.6. The number of hydrogen-bond acceptors (Lipinski definition) is 8. The highest BCUT2D eigenvalue weighted by atomic mass is 16.6. The Kier molecular flexibility index (Phi) is 15.2. The highest BCUT2D eigenvalue weighted by Crippen LogP contribution is 2.28. The Hall–Kier alpha value is -9.16. The Balaban J connectivity index is 1.37. The molecule has 0 aliphatic rings. The van der Waals surface area contributed by atoms with Gasteiger partial charge < -0.3 is 37.2 Å². The fraction of sp³-hybridized carbons (Fsp3) is 0.235. The van der Waals surface area contributed by atoms with Crippen molar-refractivity contribution in [3.63, 3.8) is 0 Å². The van der Waals surface area contributed by atoms with Gasteiger partial charge in [-0.1, -0.05) is 12.1 Å². The molecule has 0 amide bonds. The lowest BCUT2D eigenvalue weighted by Crippen LogP contribution is -2.23. The van der Waals surface area contributed by atoms with E-state index in [0.717, 1.165) is 66.9 Å². The van der Waals surface area contributed by atoms with Crippen molar-refractivity contribution in [2.45, 2.75) is 105 Å². The second kappa shape index (κ2) is 21.9. The number of rotatable bonds is 8. The van der Waals surface area contributed by atoms with Gasteiger partial charge in [-0.3, -0.25) is 0 Å². The van der Waals surface area contributed by atoms with Crippen molar-refractivity contribution < 1.29 is 38.1 Å². The molecule has 0 saturated heterocycles. The van der Waals surface area contributed by atoms with E-state index >= 15 is 0 Å². The van der Waals surface area contributed by atoms with E-state index in [1.807, 2.05) is 168 Å². The molecule has 12 rings (SSSR count). The quantitative estimate of drug-likeness (QED) is 0.109. The van der Waals surface area contributed by atoms with Gasteiger partial charge in [-0.05, 0) is 265 Å². The molecule has 0 N–H and O–H groups in total. The van der Waals surface area contributed by atoms with Gasteiger partial charge in [0.2, 0.25) is 0 Å². The van der Waals surface area contributed by atoms with Crippen molar-refractivity contribution in [1.82, 2.24) is 18.3 Å².